The van der Waals surface area contributed by atoms with Gasteiger partial charge in [-0.15, -0.1) is 4.91 Å². The maximum Gasteiger partial charge on any atom is 0.111 e. The van der Waals surface area contributed by atoms with Crippen LogP contribution in [0.2, 0.25) is 0 Å². The quantitative estimate of drug-likeness (QED) is 0.645. The van der Waals surface area contributed by atoms with E-state index in [4.69, 9.17) is 0 Å². The molecule has 0 amide bonds. The number of rotatable bonds is 8. The highest BCUT2D eigenvalue weighted by Gasteiger charge is 2.56. The summed E-state index contributed by atoms with van der Waals surface area (Å²) in [5.74, 6) is 0.918. The number of pyridine rings is 1. The number of anilines is 1. The first-order chi connectivity index (χ1) is 13.0. The molecule has 0 aliphatic heterocycles. The van der Waals surface area contributed by atoms with Crippen molar-refractivity contribution >= 4 is 17.1 Å². The van der Waals surface area contributed by atoms with Crippen LogP contribution in [0.15, 0.2) is 60.6 Å². The van der Waals surface area contributed by atoms with Gasteiger partial charge in [0.05, 0.1) is 11.4 Å². The molecule has 1 aromatic carbocycles. The summed E-state index contributed by atoms with van der Waals surface area (Å²) in [5, 5.41) is 9.98. The number of nitroso groups, excluding NO2 is 1. The molecule has 0 unspecified atom stereocenters. The molecule has 5 rings (SSSR count). The summed E-state index contributed by atoms with van der Waals surface area (Å²) >= 11 is 0. The molecule has 1 aromatic heterocycles. The maximum atomic E-state index is 11.0. The molecular formula is C22H24N4O. The van der Waals surface area contributed by atoms with E-state index in [1.807, 2.05) is 31.2 Å². The molecular weight excluding hydrogens is 336 g/mol. The number of hydrogen-bond donors (Lipinski definition) is 2. The molecule has 0 atom stereocenters. The maximum absolute atomic E-state index is 11.0. The van der Waals surface area contributed by atoms with Crippen molar-refractivity contribution in [1.82, 2.24) is 10.3 Å². The van der Waals surface area contributed by atoms with E-state index in [1.165, 1.54) is 19.3 Å². The van der Waals surface area contributed by atoms with Crippen molar-refractivity contribution in [2.75, 3.05) is 5.32 Å². The van der Waals surface area contributed by atoms with Gasteiger partial charge in [0.2, 0.25) is 0 Å². The highest BCUT2D eigenvalue weighted by atomic mass is 16.3. The van der Waals surface area contributed by atoms with Crippen LogP contribution in [0.3, 0.4) is 0 Å². The highest BCUT2D eigenvalue weighted by molar-refractivity contribution is 5.64. The van der Waals surface area contributed by atoms with Crippen LogP contribution in [-0.4, -0.2) is 10.5 Å². The predicted molar refractivity (Wildman–Crippen MR) is 110 cm³/mol. The van der Waals surface area contributed by atoms with Crippen LogP contribution in [-0.2, 0) is 6.42 Å². The Morgan fingerprint density at radius 1 is 1.26 bits per heavy atom. The smallest absolute Gasteiger partial charge is 0.111 e. The number of aryl methyl sites for hydroxylation is 1. The zero-order valence-corrected chi connectivity index (χ0v) is 15.6. The van der Waals surface area contributed by atoms with Crippen LogP contribution in [0.1, 0.15) is 36.1 Å². The van der Waals surface area contributed by atoms with Gasteiger partial charge in [-0.05, 0) is 61.0 Å². The third kappa shape index (κ3) is 3.50. The van der Waals surface area contributed by atoms with Gasteiger partial charge in [0.25, 0.3) is 0 Å². The molecule has 2 N–H and O–H groups in total. The van der Waals surface area contributed by atoms with Crippen LogP contribution in [0, 0.1) is 17.7 Å². The lowest BCUT2D eigenvalue weighted by atomic mass is 9.50. The number of allylic oxidation sites excluding steroid dienone is 1. The lowest BCUT2D eigenvalue weighted by molar-refractivity contribution is -0.0373. The van der Waals surface area contributed by atoms with Gasteiger partial charge in [0.1, 0.15) is 5.69 Å². The minimum absolute atomic E-state index is 0.278. The van der Waals surface area contributed by atoms with E-state index in [0.29, 0.717) is 12.1 Å². The summed E-state index contributed by atoms with van der Waals surface area (Å²) in [5.41, 5.74) is 6.09. The normalized spacial score (nSPS) is 22.2. The highest BCUT2D eigenvalue weighted by Crippen LogP contribution is 2.57. The fourth-order valence-corrected chi connectivity index (χ4v) is 4.11. The summed E-state index contributed by atoms with van der Waals surface area (Å²) in [6, 6.07) is 9.47. The molecule has 0 saturated heterocycles. The molecule has 138 valence electrons. The number of nitrogens with zero attached hydrogens (tertiary/aromatic N) is 2. The van der Waals surface area contributed by atoms with E-state index < -0.39 is 0 Å². The fraction of sp³-hybridized carbons (Fsp3) is 0.318. The van der Waals surface area contributed by atoms with Crippen molar-refractivity contribution in [3.63, 3.8) is 0 Å². The second kappa shape index (κ2) is 6.65. The van der Waals surface area contributed by atoms with Crippen LogP contribution in [0.25, 0.3) is 5.70 Å². The Bertz CT molecular complexity index is 917. The van der Waals surface area contributed by atoms with E-state index in [1.54, 1.807) is 12.3 Å². The van der Waals surface area contributed by atoms with E-state index in [0.717, 1.165) is 39.8 Å². The third-order valence-corrected chi connectivity index (χ3v) is 5.58. The Hall–Kier alpha value is -2.95. The van der Waals surface area contributed by atoms with Gasteiger partial charge < -0.3 is 10.6 Å². The number of hydrogen-bond acceptors (Lipinski definition) is 5. The van der Waals surface area contributed by atoms with Gasteiger partial charge in [-0.25, -0.2) is 0 Å². The van der Waals surface area contributed by atoms with Gasteiger partial charge >= 0.3 is 0 Å². The summed E-state index contributed by atoms with van der Waals surface area (Å²) in [7, 11) is 0. The Kier molecular flexibility index (Phi) is 4.30. The summed E-state index contributed by atoms with van der Waals surface area (Å²) in [6.45, 7) is 10.3. The number of aromatic nitrogens is 1. The van der Waals surface area contributed by atoms with Gasteiger partial charge in [-0.1, -0.05) is 30.9 Å². The van der Waals surface area contributed by atoms with Crippen LogP contribution < -0.4 is 10.6 Å². The van der Waals surface area contributed by atoms with Crippen molar-refractivity contribution < 1.29 is 0 Å². The molecule has 3 fully saturated rings. The van der Waals surface area contributed by atoms with Crippen molar-refractivity contribution in [2.24, 2.45) is 11.1 Å². The second-order valence-electron chi connectivity index (χ2n) is 7.92. The molecule has 3 saturated carbocycles. The molecule has 0 radical (unpaired) electrons. The molecule has 2 bridgehead atoms. The first-order valence-electron chi connectivity index (χ1n) is 9.27. The Labute approximate surface area is 159 Å². The molecule has 0 spiro atoms. The van der Waals surface area contributed by atoms with Gasteiger partial charge in [-0.3, -0.25) is 4.98 Å². The minimum atomic E-state index is 0.278. The Morgan fingerprint density at radius 3 is 2.70 bits per heavy atom. The topological polar surface area (TPSA) is 66.4 Å². The zero-order valence-electron chi connectivity index (χ0n) is 15.6. The fourth-order valence-electron chi connectivity index (χ4n) is 4.11. The van der Waals surface area contributed by atoms with Crippen LogP contribution in [0.4, 0.5) is 11.4 Å². The van der Waals surface area contributed by atoms with Crippen molar-refractivity contribution in [1.29, 1.82) is 0 Å². The summed E-state index contributed by atoms with van der Waals surface area (Å²) < 4.78 is 0. The molecule has 27 heavy (non-hydrogen) atoms. The molecule has 5 nitrogen and oxygen atoms in total. The van der Waals surface area contributed by atoms with E-state index in [2.05, 4.69) is 34.0 Å². The van der Waals surface area contributed by atoms with Gasteiger partial charge in [-0.2, -0.15) is 0 Å². The lowest BCUT2D eigenvalue weighted by Crippen LogP contribution is -2.66. The lowest BCUT2D eigenvalue weighted by Gasteiger charge is -2.62. The monoisotopic (exact) mass is 360 g/mol. The number of nitrogens with one attached hydrogen (secondary N) is 2. The van der Waals surface area contributed by atoms with Crippen LogP contribution in [0.5, 0.6) is 0 Å². The first-order valence-corrected chi connectivity index (χ1v) is 9.27. The van der Waals surface area contributed by atoms with E-state index in [-0.39, 0.29) is 5.54 Å². The van der Waals surface area contributed by atoms with Crippen molar-refractivity contribution in [3.05, 3.63) is 77.1 Å². The van der Waals surface area contributed by atoms with Gasteiger partial charge in [0, 0.05) is 29.5 Å². The third-order valence-electron chi connectivity index (χ3n) is 5.58. The Morgan fingerprint density at radius 2 is 2.04 bits per heavy atom. The molecule has 3 aliphatic rings. The molecule has 5 heteroatoms. The molecule has 1 heterocycles. The first kappa shape index (κ1) is 17.5. The van der Waals surface area contributed by atoms with Gasteiger partial charge in [0.15, 0.2) is 0 Å². The van der Waals surface area contributed by atoms with E-state index >= 15 is 0 Å². The second-order valence-corrected chi connectivity index (χ2v) is 7.92. The van der Waals surface area contributed by atoms with Crippen molar-refractivity contribution in [3.8, 4) is 0 Å². The largest absolute Gasteiger partial charge is 0.378 e. The minimum Gasteiger partial charge on any atom is -0.378 e. The SMILES string of the molecule is C=C(Cc1cc(C)ccc1N=O)Nc1ccnc(C(=C)NC23CC(C2)C3)c1. The summed E-state index contributed by atoms with van der Waals surface area (Å²) in [4.78, 5) is 15.5. The average Bonchev–Trinajstić information content (AvgIpc) is 2.57. The van der Waals surface area contributed by atoms with Crippen molar-refractivity contribution in [2.45, 2.75) is 38.1 Å². The molecule has 2 aromatic rings. The summed E-state index contributed by atoms with van der Waals surface area (Å²) in [6.07, 6.45) is 6.06. The zero-order chi connectivity index (χ0) is 19.0. The predicted octanol–water partition coefficient (Wildman–Crippen LogP) is 5.07. The number of benzene rings is 1. The van der Waals surface area contributed by atoms with E-state index in [9.17, 15) is 4.91 Å². The molecule has 3 aliphatic carbocycles. The van der Waals surface area contributed by atoms with Crippen LogP contribution >= 0.6 is 0 Å². The average molecular weight is 360 g/mol. The Balaban J connectivity index is 1.42. The standard InChI is InChI=1S/C22H24N4O/c1-14-4-5-20(26-27)18(8-14)9-15(2)24-19-6-7-23-21(10-19)16(3)25-22-11-17(12-22)13-22/h4-8,10,17,25H,2-3,9,11-13H2,1H3,(H,23,24).